The van der Waals surface area contributed by atoms with Crippen molar-refractivity contribution in [1.29, 1.82) is 0 Å². The van der Waals surface area contributed by atoms with Crippen LogP contribution in [-0.4, -0.2) is 39.9 Å². The van der Waals surface area contributed by atoms with Crippen LogP contribution in [0.5, 0.6) is 0 Å². The van der Waals surface area contributed by atoms with Gasteiger partial charge >= 0.3 is 0 Å². The predicted octanol–water partition coefficient (Wildman–Crippen LogP) is 31.6. The summed E-state index contributed by atoms with van der Waals surface area (Å²) in [5.74, 6) is 2.73. The molecule has 112 heavy (non-hydrogen) atoms. The van der Waals surface area contributed by atoms with Crippen molar-refractivity contribution in [2.75, 3.05) is 0 Å². The lowest BCUT2D eigenvalue weighted by Crippen LogP contribution is -1.95. The van der Waals surface area contributed by atoms with Gasteiger partial charge in [-0.25, -0.2) is 29.9 Å². The molecule has 5 heterocycles. The van der Waals surface area contributed by atoms with Crippen LogP contribution in [-0.2, 0) is 51.4 Å². The van der Waals surface area contributed by atoms with E-state index in [1.165, 1.54) is 344 Å². The molecule has 2 aliphatic rings. The SMILES string of the molecule is CCCCCCCc1ccc(CCCCCCC)c2cc3c(cc12)-c1nc-3nc2[nH]c(nc3nc(nc4[nH]c(n1)c1cc5c(CCCCCCC)ccc(CCCCCCC)c5cc41)-c1cc4c(CCCCCCC)ccc(CCCCCCC)c4cc1-3)c1cc3c(CCCCCCC)ccc(CCCCCCC)c3cc21. The monoisotopic (exact) mass is 1500 g/mol. The van der Waals surface area contributed by atoms with Gasteiger partial charge in [0.25, 0.3) is 0 Å². The van der Waals surface area contributed by atoms with Gasteiger partial charge in [0.1, 0.15) is 22.6 Å². The number of nitrogens with one attached hydrogen (secondary N) is 2. The molecule has 8 aromatic carbocycles. The average molecular weight is 1500 g/mol. The van der Waals surface area contributed by atoms with Crippen molar-refractivity contribution >= 4 is 87.2 Å². The normalized spacial score (nSPS) is 12.2. The number of rotatable bonds is 48. The first-order valence-corrected chi connectivity index (χ1v) is 46.4. The molecular formula is C104H138N8. The van der Waals surface area contributed by atoms with Crippen molar-refractivity contribution < 1.29 is 0 Å². The molecule has 0 spiro atoms. The van der Waals surface area contributed by atoms with Crippen molar-refractivity contribution in [1.82, 2.24) is 39.9 Å². The Bertz CT molecular complexity index is 4480. The van der Waals surface area contributed by atoms with Gasteiger partial charge in [-0.1, -0.05) is 309 Å². The van der Waals surface area contributed by atoms with Gasteiger partial charge < -0.3 is 9.97 Å². The molecule has 13 rings (SSSR count). The second kappa shape index (κ2) is 42.0. The van der Waals surface area contributed by atoms with Gasteiger partial charge in [0.15, 0.2) is 23.3 Å². The Morgan fingerprint density at radius 2 is 0.321 bits per heavy atom. The molecule has 3 aromatic heterocycles. The summed E-state index contributed by atoms with van der Waals surface area (Å²) in [6.07, 6.45) is 58.1. The van der Waals surface area contributed by atoms with Crippen molar-refractivity contribution in [2.24, 2.45) is 0 Å². The van der Waals surface area contributed by atoms with E-state index in [0.29, 0.717) is 23.3 Å². The number of nitrogens with zero attached hydrogens (tertiary/aromatic N) is 6. The zero-order valence-electron chi connectivity index (χ0n) is 70.9. The van der Waals surface area contributed by atoms with Crippen molar-refractivity contribution in [3.8, 4) is 45.6 Å². The topological polar surface area (TPSA) is 109 Å². The van der Waals surface area contributed by atoms with E-state index in [-0.39, 0.29) is 0 Å². The number of aromatic nitrogens is 8. The quantitative estimate of drug-likeness (QED) is 0.0368. The van der Waals surface area contributed by atoms with Gasteiger partial charge in [-0.15, -0.1) is 0 Å². The third kappa shape index (κ3) is 20.1. The van der Waals surface area contributed by atoms with E-state index in [1.54, 1.807) is 0 Å². The van der Waals surface area contributed by atoms with E-state index < -0.39 is 0 Å². The van der Waals surface area contributed by atoms with Gasteiger partial charge in [0, 0.05) is 43.8 Å². The summed E-state index contributed by atoms with van der Waals surface area (Å²) in [7, 11) is 0. The number of unbranched alkanes of at least 4 members (excludes halogenated alkanes) is 32. The molecule has 0 fully saturated rings. The smallest absolute Gasteiger partial charge is 0.164 e. The first-order valence-electron chi connectivity index (χ1n) is 46.4. The Morgan fingerprint density at radius 3 is 0.482 bits per heavy atom. The standard InChI is InChI=1S/C104H138N8/c1-9-17-25-33-41-49-73-57-58-74(50-42-34-26-18-10-2)82-66-90-89(65-81(73)82)97-105-98(90)110-100-93-69-85-77(53-45-37-29-21-13-5)61-62-78(54-46-38-30-22-14-6)86(85)70-94(93)102(107-100)112-104-96-72-88-80(56-48-40-32-24-16-8)64-63-79(55-47-39-31-23-15-7)87(88)71-95(96)103(108-104)111-101-92-68-84-76(52-44-36-28-20-12-4)60-59-75(51-43-35-27-19-11-3)83(84)67-91(92)99(106-101)109-97/h57-72H,9-56H2,1-8H3,(H2,105,106,107,108,109,110,111,112). The molecule has 8 heteroatoms. The molecule has 2 aliphatic heterocycles. The molecule has 594 valence electrons. The molecule has 8 bridgehead atoms. The van der Waals surface area contributed by atoms with Crippen LogP contribution in [0.25, 0.3) is 133 Å². The third-order valence-electron chi connectivity index (χ3n) is 25.5. The van der Waals surface area contributed by atoms with E-state index in [1.807, 2.05) is 0 Å². The van der Waals surface area contributed by atoms with Crippen molar-refractivity contribution in [3.63, 3.8) is 0 Å². The number of fused-ring (bicyclic) bond motifs is 24. The van der Waals surface area contributed by atoms with Crippen LogP contribution in [0.1, 0.15) is 357 Å². The number of hydrogen-bond donors (Lipinski definition) is 2. The maximum absolute atomic E-state index is 5.98. The van der Waals surface area contributed by atoms with Crippen molar-refractivity contribution in [2.45, 2.75) is 364 Å². The minimum atomic E-state index is 0.683. The minimum absolute atomic E-state index is 0.683. The van der Waals surface area contributed by atoms with Crippen LogP contribution in [0.4, 0.5) is 0 Å². The third-order valence-corrected chi connectivity index (χ3v) is 25.5. The largest absolute Gasteiger partial charge is 0.324 e. The highest BCUT2D eigenvalue weighted by molar-refractivity contribution is 6.14. The van der Waals surface area contributed by atoms with E-state index in [2.05, 4.69) is 162 Å². The van der Waals surface area contributed by atoms with Gasteiger partial charge in [0.05, 0.1) is 0 Å². The minimum Gasteiger partial charge on any atom is -0.324 e. The number of aryl methyl sites for hydroxylation is 8. The molecule has 0 radical (unpaired) electrons. The summed E-state index contributed by atoms with van der Waals surface area (Å²) in [6.45, 7) is 18.6. The molecule has 0 saturated heterocycles. The van der Waals surface area contributed by atoms with Crippen LogP contribution in [0, 0.1) is 0 Å². The molecule has 11 aromatic rings. The summed E-state index contributed by atoms with van der Waals surface area (Å²) in [6, 6.07) is 39.8. The molecule has 0 unspecified atom stereocenters. The van der Waals surface area contributed by atoms with E-state index in [9.17, 15) is 0 Å². The molecular weight excluding hydrogens is 1360 g/mol. The number of benzene rings is 8. The summed E-state index contributed by atoms with van der Waals surface area (Å²) < 4.78 is 0. The second-order valence-corrected chi connectivity index (χ2v) is 34.2. The molecule has 0 saturated carbocycles. The fourth-order valence-electron chi connectivity index (χ4n) is 18.7. The average Bonchev–Trinajstić information content (AvgIpc) is 1.57. The van der Waals surface area contributed by atoms with E-state index >= 15 is 0 Å². The van der Waals surface area contributed by atoms with Crippen molar-refractivity contribution in [3.05, 3.63) is 142 Å². The Balaban J connectivity index is 1.14. The lowest BCUT2D eigenvalue weighted by atomic mass is 9.90. The summed E-state index contributed by atoms with van der Waals surface area (Å²) in [4.78, 5) is 43.7. The Hall–Kier alpha value is -7.84. The van der Waals surface area contributed by atoms with E-state index in [4.69, 9.17) is 29.9 Å². The molecule has 0 aliphatic carbocycles. The van der Waals surface area contributed by atoms with Gasteiger partial charge in [-0.2, -0.15) is 0 Å². The van der Waals surface area contributed by atoms with E-state index in [0.717, 1.165) is 118 Å². The highest BCUT2D eigenvalue weighted by Crippen LogP contribution is 2.45. The highest BCUT2D eigenvalue weighted by atomic mass is 15.1. The second-order valence-electron chi connectivity index (χ2n) is 34.2. The molecule has 2 N–H and O–H groups in total. The van der Waals surface area contributed by atoms with Crippen LogP contribution in [0.2, 0.25) is 0 Å². The summed E-state index contributed by atoms with van der Waals surface area (Å²) >= 11 is 0. The van der Waals surface area contributed by atoms with Gasteiger partial charge in [-0.05, 0) is 239 Å². The lowest BCUT2D eigenvalue weighted by molar-refractivity contribution is 0.631. The Morgan fingerprint density at radius 1 is 0.170 bits per heavy atom. The van der Waals surface area contributed by atoms with Gasteiger partial charge in [-0.3, -0.25) is 0 Å². The fraction of sp³-hybridized carbons (Fsp3) is 0.538. The zero-order valence-corrected chi connectivity index (χ0v) is 70.9. The maximum atomic E-state index is 5.98. The molecule has 0 atom stereocenters. The lowest BCUT2D eigenvalue weighted by Gasteiger charge is -2.14. The Kier molecular flexibility index (Phi) is 30.8. The zero-order chi connectivity index (χ0) is 77.4. The molecule has 8 nitrogen and oxygen atoms in total. The molecule has 0 amide bonds. The number of hydrogen-bond acceptors (Lipinski definition) is 6. The van der Waals surface area contributed by atoms with Crippen LogP contribution in [0.3, 0.4) is 0 Å². The maximum Gasteiger partial charge on any atom is 0.164 e. The predicted molar refractivity (Wildman–Crippen MR) is 486 cm³/mol. The van der Waals surface area contributed by atoms with Crippen LogP contribution >= 0.6 is 0 Å². The first-order chi connectivity index (χ1) is 55.3. The number of H-pyrrole nitrogens is 2. The highest BCUT2D eigenvalue weighted by Gasteiger charge is 2.27. The number of aromatic amines is 2. The van der Waals surface area contributed by atoms with Gasteiger partial charge in [0.2, 0.25) is 0 Å². The first kappa shape index (κ1) is 82.2. The Labute approximate surface area is 673 Å². The van der Waals surface area contributed by atoms with Crippen LogP contribution < -0.4 is 0 Å². The summed E-state index contributed by atoms with van der Waals surface area (Å²) in [5.41, 5.74) is 18.6. The van der Waals surface area contributed by atoms with Crippen LogP contribution in [0.15, 0.2) is 97.1 Å². The summed E-state index contributed by atoms with van der Waals surface area (Å²) in [5, 5.41) is 14.9. The fourth-order valence-corrected chi connectivity index (χ4v) is 18.7.